The van der Waals surface area contributed by atoms with E-state index in [1.807, 2.05) is 31.3 Å². The van der Waals surface area contributed by atoms with Crippen LogP contribution in [0, 0.1) is 0 Å². The summed E-state index contributed by atoms with van der Waals surface area (Å²) in [6.45, 7) is 2.96. The topological polar surface area (TPSA) is 127 Å². The lowest BCUT2D eigenvalue weighted by atomic mass is 10.0. The molecule has 0 bridgehead atoms. The van der Waals surface area contributed by atoms with Crippen molar-refractivity contribution in [3.05, 3.63) is 70.8 Å². The number of benzene rings is 1. The number of pyridine rings is 1. The molecule has 1 aromatic carbocycles. The fraction of sp³-hybridized carbons (Fsp3) is 0.276. The van der Waals surface area contributed by atoms with Gasteiger partial charge in [-0.25, -0.2) is 18.9 Å². The molecule has 1 fully saturated rings. The molecule has 0 saturated carbocycles. The average Bonchev–Trinajstić information content (AvgIpc) is 3.67. The van der Waals surface area contributed by atoms with Gasteiger partial charge in [0.15, 0.2) is 11.4 Å². The molecule has 4 aromatic heterocycles. The molecular formula is C29H26BrFN8O3. The van der Waals surface area contributed by atoms with E-state index >= 15 is 0 Å². The molecule has 42 heavy (non-hydrogen) atoms. The SMILES string of the molecule is CCc1cc2ncc(-c3ccc4c(c3)c(C(C)=O)nn4CC(=O)N3C[C@H](F)C[C@H]3C(=O)Nc3cccc(Br)n3)cn2n1. The smallest absolute Gasteiger partial charge is 0.248 e. The molecule has 1 saturated heterocycles. The van der Waals surface area contributed by atoms with E-state index in [4.69, 9.17) is 0 Å². The third kappa shape index (κ3) is 5.27. The van der Waals surface area contributed by atoms with Crippen LogP contribution in [0.1, 0.15) is 36.5 Å². The van der Waals surface area contributed by atoms with Crippen LogP contribution in [0.2, 0.25) is 0 Å². The first-order chi connectivity index (χ1) is 20.2. The number of alkyl halides is 1. The molecule has 1 aliphatic rings. The Balaban J connectivity index is 1.27. The number of ketones is 1. The number of aromatic nitrogens is 6. The van der Waals surface area contributed by atoms with Crippen molar-refractivity contribution in [1.29, 1.82) is 0 Å². The summed E-state index contributed by atoms with van der Waals surface area (Å²) in [7, 11) is 0. The van der Waals surface area contributed by atoms with Gasteiger partial charge in [-0.2, -0.15) is 10.2 Å². The Morgan fingerprint density at radius 1 is 1.12 bits per heavy atom. The number of nitrogens with one attached hydrogen (secondary N) is 1. The molecule has 0 unspecified atom stereocenters. The summed E-state index contributed by atoms with van der Waals surface area (Å²) in [5.41, 5.74) is 4.05. The van der Waals surface area contributed by atoms with Gasteiger partial charge in [-0.1, -0.05) is 19.1 Å². The van der Waals surface area contributed by atoms with Crippen LogP contribution in [0.5, 0.6) is 0 Å². The van der Waals surface area contributed by atoms with E-state index in [-0.39, 0.29) is 36.8 Å². The Hall–Kier alpha value is -4.52. The van der Waals surface area contributed by atoms with Crippen molar-refractivity contribution in [1.82, 2.24) is 34.3 Å². The maximum Gasteiger partial charge on any atom is 0.248 e. The van der Waals surface area contributed by atoms with E-state index in [9.17, 15) is 18.8 Å². The summed E-state index contributed by atoms with van der Waals surface area (Å²) in [5.74, 6) is -0.986. The summed E-state index contributed by atoms with van der Waals surface area (Å²) >= 11 is 3.25. The Kier molecular flexibility index (Phi) is 7.27. The van der Waals surface area contributed by atoms with E-state index in [1.165, 1.54) is 16.5 Å². The van der Waals surface area contributed by atoms with Gasteiger partial charge in [0.1, 0.15) is 34.9 Å². The van der Waals surface area contributed by atoms with Crippen LogP contribution < -0.4 is 5.32 Å². The number of fused-ring (bicyclic) bond motifs is 2. The molecule has 6 rings (SSSR count). The normalized spacial score (nSPS) is 16.8. The van der Waals surface area contributed by atoms with Crippen molar-refractivity contribution in [2.75, 3.05) is 11.9 Å². The Morgan fingerprint density at radius 3 is 2.71 bits per heavy atom. The van der Waals surface area contributed by atoms with Crippen LogP contribution in [0.4, 0.5) is 10.2 Å². The lowest BCUT2D eigenvalue weighted by Gasteiger charge is -2.23. The largest absolute Gasteiger partial charge is 0.326 e. The highest BCUT2D eigenvalue weighted by molar-refractivity contribution is 9.10. The van der Waals surface area contributed by atoms with E-state index < -0.39 is 24.0 Å². The minimum Gasteiger partial charge on any atom is -0.326 e. The number of amides is 2. The molecule has 11 nitrogen and oxygen atoms in total. The van der Waals surface area contributed by atoms with Crippen molar-refractivity contribution in [3.63, 3.8) is 0 Å². The highest BCUT2D eigenvalue weighted by Gasteiger charge is 2.40. The molecule has 1 N–H and O–H groups in total. The zero-order valence-electron chi connectivity index (χ0n) is 22.8. The number of carbonyl (C=O) groups excluding carboxylic acids is 3. The lowest BCUT2D eigenvalue weighted by Crippen LogP contribution is -2.44. The molecular weight excluding hydrogens is 607 g/mol. The number of nitrogens with zero attached hydrogens (tertiary/aromatic N) is 7. The Morgan fingerprint density at radius 2 is 1.95 bits per heavy atom. The van der Waals surface area contributed by atoms with E-state index in [1.54, 1.807) is 35.0 Å². The molecule has 0 radical (unpaired) electrons. The Bertz CT molecular complexity index is 1870. The highest BCUT2D eigenvalue weighted by Crippen LogP contribution is 2.28. The molecule has 2 amide bonds. The first-order valence-electron chi connectivity index (χ1n) is 13.4. The molecule has 1 aliphatic heterocycles. The number of rotatable bonds is 7. The number of Topliss-reactive ketones (excluding diaryl/α,β-unsaturated/α-hetero) is 1. The number of likely N-dealkylation sites (tertiary alicyclic amines) is 1. The van der Waals surface area contributed by atoms with Crippen molar-refractivity contribution in [2.45, 2.75) is 45.4 Å². The second-order valence-corrected chi connectivity index (χ2v) is 11.0. The van der Waals surface area contributed by atoms with Gasteiger partial charge >= 0.3 is 0 Å². The van der Waals surface area contributed by atoms with Crippen LogP contribution in [0.3, 0.4) is 0 Å². The maximum absolute atomic E-state index is 14.5. The second-order valence-electron chi connectivity index (χ2n) is 10.2. The standard InChI is InChI=1S/C29H26BrFN8O3/c1-3-20-11-26-32-12-18(13-39(26)35-20)17-7-8-22-21(9-17)28(16(2)40)36-38(22)15-27(41)37-14-19(31)10-23(37)29(42)34-25-6-4-5-24(30)33-25/h4-9,11-13,19,23H,3,10,14-15H2,1-2H3,(H,33,34,42)/t19-,23+/m1/s1. The van der Waals surface area contributed by atoms with Crippen LogP contribution >= 0.6 is 15.9 Å². The minimum atomic E-state index is -1.35. The molecule has 13 heteroatoms. The first kappa shape index (κ1) is 27.6. The molecule has 2 atom stereocenters. The number of halogens is 2. The fourth-order valence-electron chi connectivity index (χ4n) is 5.20. The first-order valence-corrected chi connectivity index (χ1v) is 14.2. The number of carbonyl (C=O) groups is 3. The quantitative estimate of drug-likeness (QED) is 0.210. The van der Waals surface area contributed by atoms with Crippen molar-refractivity contribution in [3.8, 4) is 11.1 Å². The van der Waals surface area contributed by atoms with Crippen molar-refractivity contribution in [2.24, 2.45) is 0 Å². The van der Waals surface area contributed by atoms with Gasteiger partial charge in [-0.15, -0.1) is 0 Å². The van der Waals surface area contributed by atoms with Crippen LogP contribution in [0.25, 0.3) is 27.7 Å². The zero-order valence-corrected chi connectivity index (χ0v) is 24.4. The van der Waals surface area contributed by atoms with Gasteiger partial charge in [-0.3, -0.25) is 19.1 Å². The zero-order chi connectivity index (χ0) is 29.5. The molecule has 214 valence electrons. The van der Waals surface area contributed by atoms with Gasteiger partial charge in [0.2, 0.25) is 11.8 Å². The third-order valence-corrected chi connectivity index (χ3v) is 7.71. The lowest BCUT2D eigenvalue weighted by molar-refractivity contribution is -0.137. The molecule has 0 aliphatic carbocycles. The minimum absolute atomic E-state index is 0.123. The number of hydrogen-bond donors (Lipinski definition) is 1. The van der Waals surface area contributed by atoms with Crippen molar-refractivity contribution >= 4 is 55.9 Å². The number of hydrogen-bond acceptors (Lipinski definition) is 7. The maximum atomic E-state index is 14.5. The van der Waals surface area contributed by atoms with Gasteiger partial charge in [0.25, 0.3) is 0 Å². The van der Waals surface area contributed by atoms with E-state index in [0.717, 1.165) is 28.9 Å². The summed E-state index contributed by atoms with van der Waals surface area (Å²) in [5, 5.41) is 12.2. The Labute approximate surface area is 247 Å². The van der Waals surface area contributed by atoms with Gasteiger partial charge < -0.3 is 10.2 Å². The summed E-state index contributed by atoms with van der Waals surface area (Å²) < 4.78 is 18.2. The summed E-state index contributed by atoms with van der Waals surface area (Å²) in [4.78, 5) is 48.9. The van der Waals surface area contributed by atoms with Gasteiger partial charge in [0, 0.05) is 42.8 Å². The molecule has 0 spiro atoms. The number of aryl methyl sites for hydroxylation is 1. The average molecular weight is 633 g/mol. The van der Waals surface area contributed by atoms with E-state index in [2.05, 4.69) is 41.4 Å². The highest BCUT2D eigenvalue weighted by atomic mass is 79.9. The van der Waals surface area contributed by atoms with E-state index in [0.29, 0.717) is 15.5 Å². The van der Waals surface area contributed by atoms with Crippen LogP contribution in [-0.2, 0) is 22.6 Å². The van der Waals surface area contributed by atoms with Crippen molar-refractivity contribution < 1.29 is 18.8 Å². The van der Waals surface area contributed by atoms with Gasteiger partial charge in [-0.05, 0) is 52.2 Å². The van der Waals surface area contributed by atoms with Gasteiger partial charge in [0.05, 0.1) is 17.8 Å². The summed E-state index contributed by atoms with van der Waals surface area (Å²) in [6, 6.07) is 11.4. The third-order valence-electron chi connectivity index (χ3n) is 7.27. The monoisotopic (exact) mass is 632 g/mol. The molecule has 5 aromatic rings. The predicted molar refractivity (Wildman–Crippen MR) is 157 cm³/mol. The van der Waals surface area contributed by atoms with Crippen LogP contribution in [0.15, 0.2) is 59.5 Å². The second kappa shape index (κ2) is 11.0. The predicted octanol–water partition coefficient (Wildman–Crippen LogP) is 4.25. The fourth-order valence-corrected chi connectivity index (χ4v) is 5.55. The summed E-state index contributed by atoms with van der Waals surface area (Å²) in [6.07, 6.45) is 2.94. The van der Waals surface area contributed by atoms with Crippen LogP contribution in [-0.4, -0.2) is 70.6 Å². The number of anilines is 1. The molecule has 5 heterocycles.